The van der Waals surface area contributed by atoms with Gasteiger partial charge >= 0.3 is 0 Å². The van der Waals surface area contributed by atoms with Crippen molar-refractivity contribution >= 4 is 11.6 Å². The largest absolute Gasteiger partial charge is 0.207 e. The number of rotatable bonds is 2. The van der Waals surface area contributed by atoms with Crippen LogP contribution < -0.4 is 0 Å². The lowest BCUT2D eigenvalue weighted by molar-refractivity contribution is 0.625. The highest BCUT2D eigenvalue weighted by atomic mass is 35.5. The predicted octanol–water partition coefficient (Wildman–Crippen LogP) is 5.70. The lowest BCUT2D eigenvalue weighted by atomic mass is 9.89. The van der Waals surface area contributed by atoms with Crippen molar-refractivity contribution in [3.63, 3.8) is 0 Å². The second kappa shape index (κ2) is 5.57. The summed E-state index contributed by atoms with van der Waals surface area (Å²) in [6.07, 6.45) is 0. The molecule has 0 saturated heterocycles. The molecule has 0 bridgehead atoms. The summed E-state index contributed by atoms with van der Waals surface area (Å²) < 4.78 is 13.3. The molecule has 0 aliphatic heterocycles. The maximum Gasteiger partial charge on any atom is 0.123 e. The summed E-state index contributed by atoms with van der Waals surface area (Å²) >= 11 is 6.72. The zero-order chi connectivity index (χ0) is 15.0. The number of alkyl halides is 1. The summed E-state index contributed by atoms with van der Waals surface area (Å²) in [7, 11) is 0. The van der Waals surface area contributed by atoms with Crippen molar-refractivity contribution in [1.29, 1.82) is 0 Å². The molecule has 0 saturated carbocycles. The number of hydrogen-bond donors (Lipinski definition) is 0. The average Bonchev–Trinajstić information content (AvgIpc) is 2.36. The minimum absolute atomic E-state index is 0.219. The summed E-state index contributed by atoms with van der Waals surface area (Å²) in [5.74, 6) is -0.219. The molecule has 2 aromatic carbocycles. The first-order valence-corrected chi connectivity index (χ1v) is 7.24. The minimum atomic E-state index is -0.241. The molecule has 0 N–H and O–H groups in total. The zero-order valence-electron chi connectivity index (χ0n) is 12.6. The molecule has 0 aromatic heterocycles. The van der Waals surface area contributed by atoms with Crippen molar-refractivity contribution in [1.82, 2.24) is 0 Å². The first-order valence-electron chi connectivity index (χ1n) is 6.80. The van der Waals surface area contributed by atoms with Crippen molar-refractivity contribution in [2.45, 2.75) is 40.0 Å². The van der Waals surface area contributed by atoms with Gasteiger partial charge in [-0.15, -0.1) is 11.6 Å². The van der Waals surface area contributed by atoms with Crippen LogP contribution in [0, 0.1) is 40.4 Å². The van der Waals surface area contributed by atoms with Gasteiger partial charge in [-0.05, 0) is 85.7 Å². The molecule has 0 radical (unpaired) electrons. The van der Waals surface area contributed by atoms with Crippen LogP contribution in [0.4, 0.5) is 4.39 Å². The van der Waals surface area contributed by atoms with E-state index >= 15 is 0 Å². The van der Waals surface area contributed by atoms with Crippen molar-refractivity contribution < 1.29 is 4.39 Å². The maximum atomic E-state index is 13.3. The Morgan fingerprint density at radius 1 is 0.850 bits per heavy atom. The molecule has 106 valence electrons. The molecule has 0 spiro atoms. The van der Waals surface area contributed by atoms with E-state index in [4.69, 9.17) is 11.6 Å². The van der Waals surface area contributed by atoms with Gasteiger partial charge in [0.15, 0.2) is 0 Å². The molecular weight excluding hydrogens is 271 g/mol. The van der Waals surface area contributed by atoms with Gasteiger partial charge in [0.2, 0.25) is 0 Å². The van der Waals surface area contributed by atoms with Gasteiger partial charge in [0.1, 0.15) is 5.82 Å². The Balaban J connectivity index is 2.62. The van der Waals surface area contributed by atoms with E-state index in [1.54, 1.807) is 6.07 Å². The fourth-order valence-corrected chi connectivity index (χ4v) is 3.28. The fourth-order valence-electron chi connectivity index (χ4n) is 2.71. The molecule has 20 heavy (non-hydrogen) atoms. The van der Waals surface area contributed by atoms with Crippen LogP contribution in [-0.2, 0) is 0 Å². The lowest BCUT2D eigenvalue weighted by Crippen LogP contribution is -2.05. The summed E-state index contributed by atoms with van der Waals surface area (Å²) in [4.78, 5) is 0. The van der Waals surface area contributed by atoms with Crippen LogP contribution in [-0.4, -0.2) is 0 Å². The average molecular weight is 291 g/mol. The summed E-state index contributed by atoms with van der Waals surface area (Å²) in [6, 6.07) is 7.00. The molecule has 0 fully saturated rings. The number of hydrogen-bond acceptors (Lipinski definition) is 0. The topological polar surface area (TPSA) is 0 Å². The molecule has 0 aliphatic rings. The third-order valence-electron chi connectivity index (χ3n) is 4.18. The van der Waals surface area contributed by atoms with Crippen LogP contribution in [0.2, 0.25) is 0 Å². The van der Waals surface area contributed by atoms with Crippen LogP contribution in [0.15, 0.2) is 24.3 Å². The third kappa shape index (κ3) is 2.60. The minimum Gasteiger partial charge on any atom is -0.207 e. The highest BCUT2D eigenvalue weighted by molar-refractivity contribution is 6.23. The molecular formula is C18H20ClF. The fraction of sp³-hybridized carbons (Fsp3) is 0.333. The second-order valence-electron chi connectivity index (χ2n) is 5.54. The van der Waals surface area contributed by atoms with Gasteiger partial charge in [-0.25, -0.2) is 4.39 Å². The molecule has 0 aliphatic carbocycles. The van der Waals surface area contributed by atoms with E-state index in [1.165, 1.54) is 34.4 Å². The highest BCUT2D eigenvalue weighted by Crippen LogP contribution is 2.37. The zero-order valence-corrected chi connectivity index (χ0v) is 13.4. The van der Waals surface area contributed by atoms with Crippen molar-refractivity contribution in [3.05, 3.63) is 69.0 Å². The van der Waals surface area contributed by atoms with E-state index in [9.17, 15) is 4.39 Å². The highest BCUT2D eigenvalue weighted by Gasteiger charge is 2.20. The van der Waals surface area contributed by atoms with E-state index in [-0.39, 0.29) is 11.2 Å². The third-order valence-corrected chi connectivity index (χ3v) is 4.64. The van der Waals surface area contributed by atoms with Gasteiger partial charge in [0.05, 0.1) is 5.38 Å². The molecule has 2 heteroatoms. The summed E-state index contributed by atoms with van der Waals surface area (Å²) in [5.41, 5.74) is 7.95. The first kappa shape index (κ1) is 15.1. The van der Waals surface area contributed by atoms with Gasteiger partial charge in [0, 0.05) is 0 Å². The maximum absolute atomic E-state index is 13.3. The summed E-state index contributed by atoms with van der Waals surface area (Å²) in [6.45, 7) is 10.3. The molecule has 1 unspecified atom stereocenters. The Morgan fingerprint density at radius 2 is 1.40 bits per heavy atom. The molecule has 0 heterocycles. The quantitative estimate of drug-likeness (QED) is 0.623. The van der Waals surface area contributed by atoms with Gasteiger partial charge in [-0.2, -0.15) is 0 Å². The predicted molar refractivity (Wildman–Crippen MR) is 84.2 cm³/mol. The molecule has 2 rings (SSSR count). The van der Waals surface area contributed by atoms with Gasteiger partial charge in [0.25, 0.3) is 0 Å². The number of halogens is 2. The number of aryl methyl sites for hydroxylation is 3. The summed E-state index contributed by atoms with van der Waals surface area (Å²) in [5, 5.41) is -0.241. The van der Waals surface area contributed by atoms with E-state index in [1.807, 2.05) is 6.92 Å². The molecule has 0 amide bonds. The SMILES string of the molecule is Cc1cc(F)ccc1C(Cl)c1c(C)c(C)cc(C)c1C. The second-order valence-corrected chi connectivity index (χ2v) is 5.97. The Hall–Kier alpha value is -1.34. The molecule has 0 nitrogen and oxygen atoms in total. The molecule has 1 atom stereocenters. The standard InChI is InChI=1S/C18H20ClF/c1-10-8-11(2)14(5)17(13(10)4)18(19)16-7-6-15(20)9-12(16)3/h6-9,18H,1-5H3. The monoisotopic (exact) mass is 290 g/mol. The normalized spacial score (nSPS) is 12.6. The van der Waals surface area contributed by atoms with Gasteiger partial charge in [-0.1, -0.05) is 12.1 Å². The van der Waals surface area contributed by atoms with Gasteiger partial charge in [-0.3, -0.25) is 0 Å². The molecule has 2 aromatic rings. The smallest absolute Gasteiger partial charge is 0.123 e. The van der Waals surface area contributed by atoms with Crippen LogP contribution >= 0.6 is 11.6 Å². The van der Waals surface area contributed by atoms with E-state index in [0.29, 0.717) is 0 Å². The van der Waals surface area contributed by atoms with Crippen molar-refractivity contribution in [2.75, 3.05) is 0 Å². The first-order chi connectivity index (χ1) is 9.32. The Morgan fingerprint density at radius 3 is 1.90 bits per heavy atom. The lowest BCUT2D eigenvalue weighted by Gasteiger charge is -2.21. The van der Waals surface area contributed by atoms with Crippen molar-refractivity contribution in [3.8, 4) is 0 Å². The van der Waals surface area contributed by atoms with Crippen LogP contribution in [0.1, 0.15) is 44.3 Å². The Kier molecular flexibility index (Phi) is 4.19. The Labute approximate surface area is 125 Å². The van der Waals surface area contributed by atoms with E-state index in [2.05, 4.69) is 33.8 Å². The van der Waals surface area contributed by atoms with E-state index < -0.39 is 0 Å². The van der Waals surface area contributed by atoms with Crippen LogP contribution in [0.3, 0.4) is 0 Å². The van der Waals surface area contributed by atoms with Crippen LogP contribution in [0.25, 0.3) is 0 Å². The van der Waals surface area contributed by atoms with Gasteiger partial charge < -0.3 is 0 Å². The van der Waals surface area contributed by atoms with Crippen LogP contribution in [0.5, 0.6) is 0 Å². The Bertz CT molecular complexity index is 633. The van der Waals surface area contributed by atoms with E-state index in [0.717, 1.165) is 16.7 Å². The number of benzene rings is 2. The van der Waals surface area contributed by atoms with Crippen molar-refractivity contribution in [2.24, 2.45) is 0 Å².